The summed E-state index contributed by atoms with van der Waals surface area (Å²) in [5.41, 5.74) is 2.89. The number of fused-ring (bicyclic) bond motifs is 1. The van der Waals surface area contributed by atoms with Gasteiger partial charge in [0.2, 0.25) is 11.8 Å². The number of amides is 1. The van der Waals surface area contributed by atoms with Crippen molar-refractivity contribution in [3.05, 3.63) is 65.9 Å². The molecule has 0 bridgehead atoms. The first kappa shape index (κ1) is 32.5. The van der Waals surface area contributed by atoms with Crippen LogP contribution in [-0.2, 0) is 4.74 Å². The van der Waals surface area contributed by atoms with Gasteiger partial charge in [0.05, 0.1) is 11.3 Å². The number of hydrogen-bond donors (Lipinski definition) is 2. The number of hydrogen-bond acceptors (Lipinski definition) is 6. The van der Waals surface area contributed by atoms with Gasteiger partial charge in [-0.2, -0.15) is 0 Å². The average Bonchev–Trinajstić information content (AvgIpc) is 2.99. The molecule has 1 aliphatic heterocycles. The Morgan fingerprint density at radius 2 is 1.98 bits per heavy atom. The number of aromatic nitrogens is 1. The molecule has 234 valence electrons. The molecule has 2 aromatic carbocycles. The Kier molecular flexibility index (Phi) is 10.6. The number of allylic oxidation sites excluding steroid dienone is 1. The summed E-state index contributed by atoms with van der Waals surface area (Å²) < 4.78 is 12.2. The summed E-state index contributed by atoms with van der Waals surface area (Å²) in [6, 6.07) is 14.2. The van der Waals surface area contributed by atoms with Crippen molar-refractivity contribution < 1.29 is 14.3 Å². The standard InChI is InChI=1S/C35H46N6O3/c1-9-29(40-33(36-8)39-25-13-12-20-41(22-25)34(42)44-35(5,6)7)28-15-11-19-37-32(28)43-31-24(4)17-18-26-27(31)14-10-16-30(26)38-21-23(2)3/h9-11,14-19,23,25,38H,8,12-13,20-22H2,1-7H3,(H,39,40)/b29-9-/t25-/m0/s1. The Labute approximate surface area is 261 Å². The molecular weight excluding hydrogens is 552 g/mol. The highest BCUT2D eigenvalue weighted by molar-refractivity contribution is 5.98. The highest BCUT2D eigenvalue weighted by Crippen LogP contribution is 2.38. The quantitative estimate of drug-likeness (QED) is 0.203. The summed E-state index contributed by atoms with van der Waals surface area (Å²) in [5.74, 6) is 2.08. The number of nitrogens with one attached hydrogen (secondary N) is 2. The first-order valence-corrected chi connectivity index (χ1v) is 15.3. The van der Waals surface area contributed by atoms with E-state index in [9.17, 15) is 4.79 Å². The van der Waals surface area contributed by atoms with Crippen LogP contribution in [-0.4, -0.2) is 59.9 Å². The van der Waals surface area contributed by atoms with Crippen molar-refractivity contribution in [3.8, 4) is 11.6 Å². The van der Waals surface area contributed by atoms with E-state index in [0.29, 0.717) is 36.5 Å². The van der Waals surface area contributed by atoms with Gasteiger partial charge in [-0.3, -0.25) is 0 Å². The molecule has 0 radical (unpaired) electrons. The van der Waals surface area contributed by atoms with Gasteiger partial charge in [0.25, 0.3) is 0 Å². The van der Waals surface area contributed by atoms with Crippen LogP contribution >= 0.6 is 0 Å². The molecule has 44 heavy (non-hydrogen) atoms. The van der Waals surface area contributed by atoms with Gasteiger partial charge in [-0.05, 0) is 83.9 Å². The lowest BCUT2D eigenvalue weighted by molar-refractivity contribution is 0.0194. The van der Waals surface area contributed by atoms with Crippen LogP contribution in [0.25, 0.3) is 16.5 Å². The number of guanidine groups is 1. The van der Waals surface area contributed by atoms with Crippen LogP contribution in [0.2, 0.25) is 0 Å². The number of benzene rings is 2. The second-order valence-corrected chi connectivity index (χ2v) is 12.5. The Bertz CT molecular complexity index is 1540. The summed E-state index contributed by atoms with van der Waals surface area (Å²) in [7, 11) is 0. The minimum absolute atomic E-state index is 0.0416. The van der Waals surface area contributed by atoms with E-state index < -0.39 is 5.60 Å². The first-order chi connectivity index (χ1) is 21.0. The van der Waals surface area contributed by atoms with Crippen molar-refractivity contribution in [3.63, 3.8) is 0 Å². The maximum atomic E-state index is 12.7. The van der Waals surface area contributed by atoms with Gasteiger partial charge >= 0.3 is 6.09 Å². The molecule has 2 N–H and O–H groups in total. The molecule has 1 atom stereocenters. The van der Waals surface area contributed by atoms with Crippen LogP contribution in [0.15, 0.2) is 64.7 Å². The van der Waals surface area contributed by atoms with Crippen LogP contribution in [0.3, 0.4) is 0 Å². The number of rotatable bonds is 8. The first-order valence-electron chi connectivity index (χ1n) is 15.3. The topological polar surface area (TPSA) is 100 Å². The van der Waals surface area contributed by atoms with Crippen molar-refractivity contribution in [1.29, 1.82) is 0 Å². The van der Waals surface area contributed by atoms with Crippen molar-refractivity contribution in [2.24, 2.45) is 15.9 Å². The van der Waals surface area contributed by atoms with E-state index in [-0.39, 0.29) is 12.1 Å². The molecule has 9 nitrogen and oxygen atoms in total. The molecule has 1 aromatic heterocycles. The number of pyridine rings is 1. The fraction of sp³-hybridized carbons (Fsp3) is 0.429. The lowest BCUT2D eigenvalue weighted by atomic mass is 10.0. The lowest BCUT2D eigenvalue weighted by Gasteiger charge is -2.34. The number of anilines is 1. The number of carbonyl (C=O) groups is 1. The molecule has 2 heterocycles. The van der Waals surface area contributed by atoms with E-state index in [2.05, 4.69) is 65.4 Å². The number of nitrogens with zero attached hydrogens (tertiary/aromatic N) is 4. The zero-order chi connectivity index (χ0) is 31.9. The predicted octanol–water partition coefficient (Wildman–Crippen LogP) is 7.81. The van der Waals surface area contributed by atoms with Gasteiger partial charge in [0.15, 0.2) is 0 Å². The highest BCUT2D eigenvalue weighted by Gasteiger charge is 2.28. The number of ether oxygens (including phenoxy) is 2. The van der Waals surface area contributed by atoms with Gasteiger partial charge < -0.3 is 25.0 Å². The third-order valence-corrected chi connectivity index (χ3v) is 7.21. The number of carbonyl (C=O) groups excluding carboxylic acids is 1. The van der Waals surface area contributed by atoms with Gasteiger partial charge in [-0.25, -0.2) is 19.8 Å². The van der Waals surface area contributed by atoms with E-state index in [1.807, 2.05) is 58.9 Å². The Balaban J connectivity index is 1.59. The van der Waals surface area contributed by atoms with Crippen LogP contribution in [0.1, 0.15) is 65.5 Å². The van der Waals surface area contributed by atoms with Gasteiger partial charge in [-0.1, -0.05) is 44.2 Å². The second-order valence-electron chi connectivity index (χ2n) is 12.5. The lowest BCUT2D eigenvalue weighted by Crippen LogP contribution is -2.50. The molecule has 4 rings (SSSR count). The number of piperidine rings is 1. The summed E-state index contributed by atoms with van der Waals surface area (Å²) in [4.78, 5) is 28.0. The molecule has 1 saturated heterocycles. The number of aryl methyl sites for hydroxylation is 1. The third kappa shape index (κ3) is 8.36. The summed E-state index contributed by atoms with van der Waals surface area (Å²) in [5, 5.41) is 9.04. The zero-order valence-corrected chi connectivity index (χ0v) is 27.1. The Hall–Kier alpha value is -4.40. The molecule has 0 spiro atoms. The molecule has 1 amide bonds. The molecule has 1 fully saturated rings. The van der Waals surface area contributed by atoms with E-state index >= 15 is 0 Å². The van der Waals surface area contributed by atoms with Gasteiger partial charge in [0, 0.05) is 48.3 Å². The maximum absolute atomic E-state index is 12.7. The molecule has 3 aromatic rings. The number of aliphatic imine (C=N–C) groups is 2. The minimum Gasteiger partial charge on any atom is -0.444 e. The zero-order valence-electron chi connectivity index (χ0n) is 27.1. The Morgan fingerprint density at radius 1 is 1.18 bits per heavy atom. The summed E-state index contributed by atoms with van der Waals surface area (Å²) in [6.07, 6.45) is 5.01. The molecular formula is C35H46N6O3. The van der Waals surface area contributed by atoms with Crippen LogP contribution in [0.5, 0.6) is 11.6 Å². The van der Waals surface area contributed by atoms with Crippen molar-refractivity contribution >= 4 is 40.9 Å². The third-order valence-electron chi connectivity index (χ3n) is 7.21. The molecule has 1 aliphatic rings. The molecule has 9 heteroatoms. The average molecular weight is 599 g/mol. The monoisotopic (exact) mass is 598 g/mol. The largest absolute Gasteiger partial charge is 0.444 e. The molecule has 0 aliphatic carbocycles. The molecule has 0 unspecified atom stereocenters. The Morgan fingerprint density at radius 3 is 2.68 bits per heavy atom. The fourth-order valence-electron chi connectivity index (χ4n) is 5.08. The number of likely N-dealkylation sites (tertiary alicyclic amines) is 1. The predicted molar refractivity (Wildman–Crippen MR) is 181 cm³/mol. The van der Waals surface area contributed by atoms with E-state index in [4.69, 9.17) is 14.5 Å². The highest BCUT2D eigenvalue weighted by atomic mass is 16.6. The fourth-order valence-corrected chi connectivity index (χ4v) is 5.08. The summed E-state index contributed by atoms with van der Waals surface area (Å²) >= 11 is 0. The SMILES string of the molecule is C=N/C(=N\C(=C/C)c1cccnc1Oc1c(C)ccc2c(NCC(C)C)cccc12)N[C@H]1CCCN(C(=O)OC(C)(C)C)C1. The molecule has 0 saturated carbocycles. The van der Waals surface area contributed by atoms with E-state index in [1.165, 1.54) is 0 Å². The van der Waals surface area contributed by atoms with Gasteiger partial charge in [-0.15, -0.1) is 0 Å². The van der Waals surface area contributed by atoms with E-state index in [1.54, 1.807) is 11.1 Å². The van der Waals surface area contributed by atoms with E-state index in [0.717, 1.165) is 52.7 Å². The van der Waals surface area contributed by atoms with Crippen molar-refractivity contribution in [2.45, 2.75) is 73.0 Å². The second kappa shape index (κ2) is 14.4. The smallest absolute Gasteiger partial charge is 0.410 e. The normalized spacial score (nSPS) is 16.2. The van der Waals surface area contributed by atoms with Crippen molar-refractivity contribution in [2.75, 3.05) is 25.0 Å². The summed E-state index contributed by atoms with van der Waals surface area (Å²) in [6.45, 7) is 19.7. The minimum atomic E-state index is -0.547. The van der Waals surface area contributed by atoms with Gasteiger partial charge in [0.1, 0.15) is 11.4 Å². The van der Waals surface area contributed by atoms with Crippen LogP contribution < -0.4 is 15.4 Å². The van der Waals surface area contributed by atoms with Crippen LogP contribution in [0.4, 0.5) is 10.5 Å². The maximum Gasteiger partial charge on any atom is 0.410 e. The van der Waals surface area contributed by atoms with Crippen LogP contribution in [0, 0.1) is 12.8 Å². The van der Waals surface area contributed by atoms with Crippen molar-refractivity contribution in [1.82, 2.24) is 15.2 Å².